The van der Waals surface area contributed by atoms with E-state index in [9.17, 15) is 0 Å². The number of H-pyrrole nitrogens is 1. The number of rotatable bonds is 5. The van der Waals surface area contributed by atoms with Crippen LogP contribution in [-0.2, 0) is 6.54 Å². The highest BCUT2D eigenvalue weighted by atomic mass is 15.3. The monoisotopic (exact) mass is 428 g/mol. The van der Waals surface area contributed by atoms with Crippen LogP contribution in [0, 0.1) is 0 Å². The highest BCUT2D eigenvalue weighted by molar-refractivity contribution is 5.93. The lowest BCUT2D eigenvalue weighted by Gasteiger charge is -2.33. The van der Waals surface area contributed by atoms with E-state index >= 15 is 0 Å². The Labute approximate surface area is 186 Å². The van der Waals surface area contributed by atoms with Gasteiger partial charge in [0.15, 0.2) is 0 Å². The van der Waals surface area contributed by atoms with E-state index in [1.54, 1.807) is 0 Å². The molecule has 4 aromatic heterocycles. The Bertz CT molecular complexity index is 1270. The summed E-state index contributed by atoms with van der Waals surface area (Å²) in [5.41, 5.74) is 12.2. The maximum Gasteiger partial charge on any atom is 0.132 e. The quantitative estimate of drug-likeness (QED) is 0.502. The molecule has 2 fully saturated rings. The van der Waals surface area contributed by atoms with Gasteiger partial charge in [-0.25, -0.2) is 4.98 Å². The topological polar surface area (TPSA) is 102 Å². The van der Waals surface area contributed by atoms with Gasteiger partial charge in [0.05, 0.1) is 29.3 Å². The van der Waals surface area contributed by atoms with Crippen molar-refractivity contribution in [2.24, 2.45) is 5.73 Å². The zero-order valence-electron chi connectivity index (χ0n) is 18.3. The van der Waals surface area contributed by atoms with E-state index < -0.39 is 0 Å². The first-order valence-corrected chi connectivity index (χ1v) is 11.6. The summed E-state index contributed by atoms with van der Waals surface area (Å²) in [5, 5.41) is 13.2. The Morgan fingerprint density at radius 3 is 2.84 bits per heavy atom. The Kier molecular flexibility index (Phi) is 4.68. The second-order valence-electron chi connectivity index (χ2n) is 9.00. The third-order valence-corrected chi connectivity index (χ3v) is 6.62. The van der Waals surface area contributed by atoms with Crippen LogP contribution in [0.3, 0.4) is 0 Å². The molecule has 0 bridgehead atoms. The molecule has 1 saturated heterocycles. The predicted molar refractivity (Wildman–Crippen MR) is 125 cm³/mol. The lowest BCUT2D eigenvalue weighted by atomic mass is 10.0. The molecule has 2 aliphatic rings. The smallest absolute Gasteiger partial charge is 0.132 e. The fourth-order valence-corrected chi connectivity index (χ4v) is 4.70. The maximum absolute atomic E-state index is 6.29. The van der Waals surface area contributed by atoms with Crippen molar-refractivity contribution in [3.63, 3.8) is 0 Å². The normalized spacial score (nSPS) is 19.1. The number of piperidine rings is 1. The Morgan fingerprint density at radius 1 is 1.16 bits per heavy atom. The van der Waals surface area contributed by atoms with Gasteiger partial charge in [0.1, 0.15) is 11.5 Å². The van der Waals surface area contributed by atoms with Gasteiger partial charge in [0.25, 0.3) is 0 Å². The third kappa shape index (κ3) is 3.44. The molecule has 1 saturated carbocycles. The van der Waals surface area contributed by atoms with Crippen molar-refractivity contribution in [3.05, 3.63) is 42.4 Å². The lowest BCUT2D eigenvalue weighted by molar-refractivity contribution is 0.502. The predicted octanol–water partition coefficient (Wildman–Crippen LogP) is 3.71. The van der Waals surface area contributed by atoms with Crippen molar-refractivity contribution in [3.8, 4) is 22.6 Å². The van der Waals surface area contributed by atoms with Gasteiger partial charge in [-0.05, 0) is 56.2 Å². The van der Waals surface area contributed by atoms with Crippen molar-refractivity contribution in [2.75, 3.05) is 18.0 Å². The number of hydrogen-bond donors (Lipinski definition) is 2. The van der Waals surface area contributed by atoms with Gasteiger partial charge in [0, 0.05) is 42.8 Å². The Morgan fingerprint density at radius 2 is 2.06 bits per heavy atom. The molecule has 0 spiro atoms. The molecule has 4 aromatic rings. The van der Waals surface area contributed by atoms with Gasteiger partial charge in [-0.2, -0.15) is 10.2 Å². The second kappa shape index (κ2) is 7.70. The SMILES string of the molecule is CCn1cc(-c2cc3c(-c4ccc(C5CC5)c(N5CCCC(N)C5)n4)n[nH]c3cn2)cn1. The highest BCUT2D eigenvalue weighted by Gasteiger charge is 2.30. The zero-order chi connectivity index (χ0) is 21.7. The molecule has 3 N–H and O–H groups in total. The standard InChI is InChI=1S/C24H28N8/c1-2-32-13-16(11-27-32)21-10-19-22(12-26-21)29-30-23(19)20-8-7-18(15-5-6-15)24(28-20)31-9-3-4-17(25)14-31/h7-8,10-13,15,17H,2-6,9,14,25H2,1H3,(H,29,30). The molecule has 5 heterocycles. The maximum atomic E-state index is 6.29. The van der Waals surface area contributed by atoms with Crippen molar-refractivity contribution in [1.29, 1.82) is 0 Å². The van der Waals surface area contributed by atoms with Gasteiger partial charge in [-0.1, -0.05) is 6.07 Å². The van der Waals surface area contributed by atoms with Gasteiger partial charge < -0.3 is 10.6 Å². The lowest BCUT2D eigenvalue weighted by Crippen LogP contribution is -2.43. The fraction of sp³-hybridized carbons (Fsp3) is 0.417. The molecule has 0 radical (unpaired) electrons. The minimum Gasteiger partial charge on any atom is -0.355 e. The molecule has 0 amide bonds. The van der Waals surface area contributed by atoms with Gasteiger partial charge in [-0.15, -0.1) is 0 Å². The van der Waals surface area contributed by atoms with E-state index in [0.717, 1.165) is 71.8 Å². The molecule has 8 nitrogen and oxygen atoms in total. The summed E-state index contributed by atoms with van der Waals surface area (Å²) in [7, 11) is 0. The van der Waals surface area contributed by atoms with Gasteiger partial charge >= 0.3 is 0 Å². The summed E-state index contributed by atoms with van der Waals surface area (Å²) < 4.78 is 1.91. The summed E-state index contributed by atoms with van der Waals surface area (Å²) in [6, 6.07) is 6.66. The first-order valence-electron chi connectivity index (χ1n) is 11.6. The molecule has 1 unspecified atom stereocenters. The van der Waals surface area contributed by atoms with E-state index in [1.807, 2.05) is 23.3 Å². The van der Waals surface area contributed by atoms with Crippen molar-refractivity contribution >= 4 is 16.7 Å². The summed E-state index contributed by atoms with van der Waals surface area (Å²) >= 11 is 0. The number of pyridine rings is 2. The summed E-state index contributed by atoms with van der Waals surface area (Å²) in [6.07, 6.45) is 10.4. The molecule has 6 rings (SSSR count). The van der Waals surface area contributed by atoms with Crippen LogP contribution in [0.5, 0.6) is 0 Å². The van der Waals surface area contributed by atoms with Crippen LogP contribution in [0.1, 0.15) is 44.1 Å². The zero-order valence-corrected chi connectivity index (χ0v) is 18.3. The number of fused-ring (bicyclic) bond motifs is 1. The minimum absolute atomic E-state index is 0.213. The largest absolute Gasteiger partial charge is 0.355 e. The number of nitrogens with one attached hydrogen (secondary N) is 1. The highest BCUT2D eigenvalue weighted by Crippen LogP contribution is 2.45. The summed E-state index contributed by atoms with van der Waals surface area (Å²) in [4.78, 5) is 12.1. The van der Waals surface area contributed by atoms with Crippen LogP contribution in [-0.4, -0.2) is 49.1 Å². The van der Waals surface area contributed by atoms with E-state index in [4.69, 9.17) is 10.7 Å². The molecule has 1 aliphatic heterocycles. The molecular weight excluding hydrogens is 400 g/mol. The molecular formula is C24H28N8. The van der Waals surface area contributed by atoms with Crippen molar-refractivity contribution in [1.82, 2.24) is 29.9 Å². The second-order valence-corrected chi connectivity index (χ2v) is 9.00. The number of nitrogens with two attached hydrogens (primary N) is 1. The minimum atomic E-state index is 0.213. The number of aryl methyl sites for hydroxylation is 1. The number of hydrogen-bond acceptors (Lipinski definition) is 6. The summed E-state index contributed by atoms with van der Waals surface area (Å²) in [5.74, 6) is 1.72. The molecule has 32 heavy (non-hydrogen) atoms. The molecule has 164 valence electrons. The first kappa shape index (κ1) is 19.4. The number of nitrogens with zero attached hydrogens (tertiary/aromatic N) is 6. The van der Waals surface area contributed by atoms with Gasteiger partial charge in [0.2, 0.25) is 0 Å². The number of anilines is 1. The van der Waals surface area contributed by atoms with E-state index in [0.29, 0.717) is 5.92 Å². The van der Waals surface area contributed by atoms with Gasteiger partial charge in [-0.3, -0.25) is 14.8 Å². The first-order chi connectivity index (χ1) is 15.7. The van der Waals surface area contributed by atoms with Crippen molar-refractivity contribution < 1.29 is 0 Å². The Balaban J connectivity index is 1.42. The fourth-order valence-electron chi connectivity index (χ4n) is 4.70. The van der Waals surface area contributed by atoms with E-state index in [1.165, 1.54) is 18.4 Å². The van der Waals surface area contributed by atoms with Crippen LogP contribution in [0.4, 0.5) is 5.82 Å². The molecule has 8 heteroatoms. The van der Waals surface area contributed by atoms with Crippen molar-refractivity contribution in [2.45, 2.75) is 51.1 Å². The van der Waals surface area contributed by atoms with E-state index in [2.05, 4.69) is 50.3 Å². The van der Waals surface area contributed by atoms with Crippen LogP contribution < -0.4 is 10.6 Å². The number of aromatic amines is 1. The van der Waals surface area contributed by atoms with Crippen LogP contribution in [0.25, 0.3) is 33.5 Å². The average molecular weight is 429 g/mol. The van der Waals surface area contributed by atoms with Crippen LogP contribution in [0.2, 0.25) is 0 Å². The van der Waals surface area contributed by atoms with Crippen LogP contribution >= 0.6 is 0 Å². The van der Waals surface area contributed by atoms with Crippen LogP contribution in [0.15, 0.2) is 36.8 Å². The third-order valence-electron chi connectivity index (χ3n) is 6.62. The van der Waals surface area contributed by atoms with E-state index in [-0.39, 0.29) is 6.04 Å². The summed E-state index contributed by atoms with van der Waals surface area (Å²) in [6.45, 7) is 4.79. The number of aromatic nitrogens is 6. The average Bonchev–Trinajstić information content (AvgIpc) is 3.40. The molecule has 1 aliphatic carbocycles. The molecule has 0 aromatic carbocycles. The molecule has 1 atom stereocenters. The Hall–Kier alpha value is -3.26.